The van der Waals surface area contributed by atoms with Gasteiger partial charge in [0.25, 0.3) is 0 Å². The summed E-state index contributed by atoms with van der Waals surface area (Å²) >= 11 is 0. The Hall–Kier alpha value is -5.07. The lowest BCUT2D eigenvalue weighted by Crippen LogP contribution is -2.25. The molecule has 1 N–H and O–H groups in total. The van der Waals surface area contributed by atoms with Crippen molar-refractivity contribution in [2.45, 2.75) is 26.0 Å². The van der Waals surface area contributed by atoms with Crippen LogP contribution in [-0.2, 0) is 10.0 Å². The lowest BCUT2D eigenvalue weighted by molar-refractivity contribution is 0.0960. The van der Waals surface area contributed by atoms with E-state index in [0.29, 0.717) is 50.2 Å². The molecule has 0 aliphatic carbocycles. The molecular formula is C35H29F2N3O6S. The number of ketones is 1. The van der Waals surface area contributed by atoms with Gasteiger partial charge in [0.1, 0.15) is 34.4 Å². The first-order valence-corrected chi connectivity index (χ1v) is 16.8. The lowest BCUT2D eigenvalue weighted by atomic mass is 9.97. The summed E-state index contributed by atoms with van der Waals surface area (Å²) in [5.74, 6) is -0.431. The number of benzene rings is 3. The second-order valence-corrected chi connectivity index (χ2v) is 13.4. The molecule has 0 bridgehead atoms. The molecule has 0 fully saturated rings. The molecular weight excluding hydrogens is 628 g/mol. The number of halogens is 2. The number of rotatable bonds is 8. The van der Waals surface area contributed by atoms with Crippen molar-refractivity contribution < 1.29 is 36.3 Å². The van der Waals surface area contributed by atoms with E-state index in [1.165, 1.54) is 37.4 Å². The van der Waals surface area contributed by atoms with Crippen LogP contribution in [0.25, 0.3) is 55.8 Å². The molecule has 0 saturated carbocycles. The number of pyridine rings is 1. The van der Waals surface area contributed by atoms with Crippen LogP contribution >= 0.6 is 0 Å². The molecule has 9 nitrogen and oxygen atoms in total. The molecule has 12 heteroatoms. The SMILES string of the molecule is CCC(=O)c1c(-c2ccc(F)cc2)oc2cc(N(C)S(C)(=O)=O)c(-c3ccc4c(n3)-c3cc5c(F)cccc5n3C(CCO)O4)cc12. The molecule has 47 heavy (non-hydrogen) atoms. The molecule has 3 aromatic heterocycles. The molecule has 1 aliphatic heterocycles. The van der Waals surface area contributed by atoms with E-state index in [4.69, 9.17) is 14.1 Å². The first kappa shape index (κ1) is 30.6. The third-order valence-corrected chi connectivity index (χ3v) is 9.67. The number of carbonyl (C=O) groups excluding carboxylic acids is 1. The highest BCUT2D eigenvalue weighted by atomic mass is 32.2. The molecule has 6 aromatic rings. The van der Waals surface area contributed by atoms with Gasteiger partial charge in [-0.15, -0.1) is 0 Å². The molecule has 1 atom stereocenters. The Balaban J connectivity index is 1.49. The van der Waals surface area contributed by atoms with Crippen molar-refractivity contribution in [3.63, 3.8) is 0 Å². The van der Waals surface area contributed by atoms with E-state index in [9.17, 15) is 27.1 Å². The number of nitrogens with zero attached hydrogens (tertiary/aromatic N) is 3. The number of Topliss-reactive ketones (excluding diaryl/α,β-unsaturated/α-hetero) is 1. The Morgan fingerprint density at radius 1 is 1.04 bits per heavy atom. The molecule has 7 rings (SSSR count). The zero-order valence-corrected chi connectivity index (χ0v) is 26.4. The molecule has 1 unspecified atom stereocenters. The molecule has 0 amide bonds. The third-order valence-electron chi connectivity index (χ3n) is 8.48. The summed E-state index contributed by atoms with van der Waals surface area (Å²) in [6.45, 7) is 1.56. The number of aliphatic hydroxyl groups excluding tert-OH is 1. The molecule has 1 aliphatic rings. The molecule has 240 valence electrons. The van der Waals surface area contributed by atoms with E-state index in [-0.39, 0.29) is 47.8 Å². The van der Waals surface area contributed by atoms with Crippen LogP contribution in [0, 0.1) is 11.6 Å². The summed E-state index contributed by atoms with van der Waals surface area (Å²) in [4.78, 5) is 18.3. The van der Waals surface area contributed by atoms with E-state index >= 15 is 0 Å². The van der Waals surface area contributed by atoms with Crippen LogP contribution < -0.4 is 9.04 Å². The minimum Gasteiger partial charge on any atom is -0.468 e. The van der Waals surface area contributed by atoms with Gasteiger partial charge in [0.15, 0.2) is 12.0 Å². The molecule has 0 spiro atoms. The standard InChI is InChI=1S/C35H29F2N3O6S/c1-4-29(42)33-23-16-22(27(39(2)47(3,43)44)18-31(23)46-35(33)19-8-10-20(36)11-9-19)25-12-13-30-34(38-25)28-17-21-24(37)6-5-7-26(21)40(28)32(45-30)14-15-41/h5-13,16-18,32,41H,4,14-15H2,1-3H3. The van der Waals surface area contributed by atoms with Gasteiger partial charge in [-0.3, -0.25) is 9.10 Å². The first-order valence-electron chi connectivity index (χ1n) is 14.9. The normalized spacial score (nSPS) is 14.2. The van der Waals surface area contributed by atoms with E-state index in [0.717, 1.165) is 10.6 Å². The summed E-state index contributed by atoms with van der Waals surface area (Å²) in [7, 11) is -2.37. The Morgan fingerprint density at radius 2 is 1.81 bits per heavy atom. The predicted molar refractivity (Wildman–Crippen MR) is 175 cm³/mol. The highest BCUT2D eigenvalue weighted by Gasteiger charge is 2.31. The fourth-order valence-electron chi connectivity index (χ4n) is 6.11. The van der Waals surface area contributed by atoms with Gasteiger partial charge in [-0.1, -0.05) is 13.0 Å². The Labute approximate surface area is 268 Å². The molecule has 4 heterocycles. The summed E-state index contributed by atoms with van der Waals surface area (Å²) in [5.41, 5.74) is 3.55. The maximum Gasteiger partial charge on any atom is 0.232 e. The fraction of sp³-hybridized carbons (Fsp3) is 0.200. The fourth-order valence-corrected chi connectivity index (χ4v) is 6.62. The van der Waals surface area contributed by atoms with Crippen LogP contribution in [0.2, 0.25) is 0 Å². The predicted octanol–water partition coefficient (Wildman–Crippen LogP) is 7.32. The number of fused-ring (bicyclic) bond motifs is 6. The van der Waals surface area contributed by atoms with Crippen molar-refractivity contribution in [3.05, 3.63) is 90.0 Å². The monoisotopic (exact) mass is 657 g/mol. The zero-order chi connectivity index (χ0) is 33.2. The quantitative estimate of drug-likeness (QED) is 0.171. The van der Waals surface area contributed by atoms with Crippen molar-refractivity contribution in [1.29, 1.82) is 0 Å². The number of carbonyl (C=O) groups is 1. The maximum atomic E-state index is 14.9. The highest BCUT2D eigenvalue weighted by Crippen LogP contribution is 2.46. The number of hydrogen-bond donors (Lipinski definition) is 1. The largest absolute Gasteiger partial charge is 0.468 e. The summed E-state index contributed by atoms with van der Waals surface area (Å²) < 4.78 is 69.8. The number of sulfonamides is 1. The number of hydrogen-bond acceptors (Lipinski definition) is 7. The number of aliphatic hydroxyl groups is 1. The zero-order valence-electron chi connectivity index (χ0n) is 25.6. The van der Waals surface area contributed by atoms with Crippen LogP contribution in [-0.4, -0.2) is 48.8 Å². The summed E-state index contributed by atoms with van der Waals surface area (Å²) in [6, 6.07) is 18.6. The summed E-state index contributed by atoms with van der Waals surface area (Å²) in [5, 5.41) is 10.6. The van der Waals surface area contributed by atoms with Crippen molar-refractivity contribution in [1.82, 2.24) is 9.55 Å². The maximum absolute atomic E-state index is 14.9. The van der Waals surface area contributed by atoms with Crippen LogP contribution in [0.4, 0.5) is 14.5 Å². The smallest absolute Gasteiger partial charge is 0.232 e. The van der Waals surface area contributed by atoms with Crippen LogP contribution in [0.1, 0.15) is 36.4 Å². The van der Waals surface area contributed by atoms with E-state index in [2.05, 4.69) is 0 Å². The van der Waals surface area contributed by atoms with Gasteiger partial charge in [0.2, 0.25) is 10.0 Å². The molecule has 3 aromatic carbocycles. The second-order valence-electron chi connectivity index (χ2n) is 11.4. The van der Waals surface area contributed by atoms with Gasteiger partial charge >= 0.3 is 0 Å². The third kappa shape index (κ3) is 5.04. The van der Waals surface area contributed by atoms with Crippen molar-refractivity contribution in [2.75, 3.05) is 24.2 Å². The number of furan rings is 1. The van der Waals surface area contributed by atoms with Crippen LogP contribution in [0.3, 0.4) is 0 Å². The van der Waals surface area contributed by atoms with E-state index in [1.54, 1.807) is 54.0 Å². The van der Waals surface area contributed by atoms with Crippen molar-refractivity contribution in [2.24, 2.45) is 0 Å². The minimum absolute atomic E-state index is 0.160. The number of aromatic nitrogens is 2. The molecule has 0 radical (unpaired) electrons. The Bertz CT molecular complexity index is 2330. The minimum atomic E-state index is -3.78. The van der Waals surface area contributed by atoms with Crippen molar-refractivity contribution >= 4 is 43.4 Å². The lowest BCUT2D eigenvalue weighted by Gasteiger charge is -2.29. The van der Waals surface area contributed by atoms with Gasteiger partial charge in [-0.25, -0.2) is 22.2 Å². The summed E-state index contributed by atoms with van der Waals surface area (Å²) in [6.07, 6.45) is 0.866. The van der Waals surface area contributed by atoms with E-state index in [1.807, 2.05) is 0 Å². The van der Waals surface area contributed by atoms with Gasteiger partial charge in [0.05, 0.1) is 34.4 Å². The van der Waals surface area contributed by atoms with Crippen molar-refractivity contribution in [3.8, 4) is 39.7 Å². The Morgan fingerprint density at radius 3 is 2.51 bits per heavy atom. The topological polar surface area (TPSA) is 115 Å². The second kappa shape index (κ2) is 11.3. The number of ether oxygens (including phenoxy) is 1. The highest BCUT2D eigenvalue weighted by molar-refractivity contribution is 7.92. The average molecular weight is 658 g/mol. The molecule has 0 saturated heterocycles. The van der Waals surface area contributed by atoms with Gasteiger partial charge < -0.3 is 18.8 Å². The van der Waals surface area contributed by atoms with Gasteiger partial charge in [-0.2, -0.15) is 0 Å². The first-order chi connectivity index (χ1) is 22.5. The van der Waals surface area contributed by atoms with Crippen LogP contribution in [0.5, 0.6) is 5.75 Å². The van der Waals surface area contributed by atoms with E-state index < -0.39 is 27.9 Å². The van der Waals surface area contributed by atoms with Gasteiger partial charge in [0, 0.05) is 54.5 Å². The van der Waals surface area contributed by atoms with Crippen LogP contribution in [0.15, 0.2) is 77.2 Å². The average Bonchev–Trinajstić information content (AvgIpc) is 3.63. The number of anilines is 1. The Kier molecular flexibility index (Phi) is 7.36. The van der Waals surface area contributed by atoms with Gasteiger partial charge in [-0.05, 0) is 60.7 Å².